The first-order valence-electron chi connectivity index (χ1n) is 9.92. The standard InChI is InChI=1S/C25H22N2O4S/c1-27(32(29,30)24-14-12-23(31-2)13-15-24)22-9-5-8-20(17-22)25(28)26-21-11-10-18-6-3-4-7-19(18)16-21/h3-17H,1-2H3,(H,26,28). The van der Waals surface area contributed by atoms with E-state index >= 15 is 0 Å². The molecule has 0 bridgehead atoms. The Kier molecular flexibility index (Phi) is 5.83. The number of benzene rings is 4. The smallest absolute Gasteiger partial charge is 0.264 e. The molecule has 4 aromatic carbocycles. The second-order valence-corrected chi connectivity index (χ2v) is 9.18. The SMILES string of the molecule is COc1ccc(S(=O)(=O)N(C)c2cccc(C(=O)Nc3ccc4ccccc4c3)c2)cc1. The predicted octanol–water partition coefficient (Wildman–Crippen LogP) is 4.93. The van der Waals surface area contributed by atoms with Gasteiger partial charge in [0.1, 0.15) is 5.75 Å². The van der Waals surface area contributed by atoms with Crippen molar-refractivity contribution in [1.82, 2.24) is 0 Å². The summed E-state index contributed by atoms with van der Waals surface area (Å²) in [5, 5.41) is 4.98. The molecule has 0 unspecified atom stereocenters. The van der Waals surface area contributed by atoms with Crippen LogP contribution in [0.2, 0.25) is 0 Å². The molecule has 0 spiro atoms. The van der Waals surface area contributed by atoms with Gasteiger partial charge in [-0.1, -0.05) is 36.4 Å². The van der Waals surface area contributed by atoms with Crippen molar-refractivity contribution in [3.63, 3.8) is 0 Å². The summed E-state index contributed by atoms with van der Waals surface area (Å²) in [5.74, 6) is 0.247. The van der Waals surface area contributed by atoms with Gasteiger partial charge in [0, 0.05) is 18.3 Å². The van der Waals surface area contributed by atoms with Crippen LogP contribution in [0.4, 0.5) is 11.4 Å². The molecule has 0 radical (unpaired) electrons. The molecule has 4 aromatic rings. The highest BCUT2D eigenvalue weighted by Gasteiger charge is 2.22. The average Bonchev–Trinajstić information content (AvgIpc) is 2.83. The van der Waals surface area contributed by atoms with Crippen LogP contribution in [0.25, 0.3) is 10.8 Å². The van der Waals surface area contributed by atoms with Crippen molar-refractivity contribution in [3.05, 3.63) is 96.6 Å². The van der Waals surface area contributed by atoms with Crippen molar-refractivity contribution in [2.45, 2.75) is 4.90 Å². The third kappa shape index (κ3) is 4.29. The minimum Gasteiger partial charge on any atom is -0.497 e. The van der Waals surface area contributed by atoms with Gasteiger partial charge < -0.3 is 10.1 Å². The monoisotopic (exact) mass is 446 g/mol. The van der Waals surface area contributed by atoms with Crippen molar-refractivity contribution in [3.8, 4) is 5.75 Å². The third-order valence-electron chi connectivity index (χ3n) is 5.20. The molecular weight excluding hydrogens is 424 g/mol. The number of methoxy groups -OCH3 is 1. The zero-order valence-electron chi connectivity index (χ0n) is 17.6. The first-order valence-corrected chi connectivity index (χ1v) is 11.4. The molecule has 4 rings (SSSR count). The van der Waals surface area contributed by atoms with Gasteiger partial charge in [0.25, 0.3) is 15.9 Å². The highest BCUT2D eigenvalue weighted by Crippen LogP contribution is 2.25. The van der Waals surface area contributed by atoms with E-state index in [0.29, 0.717) is 22.7 Å². The summed E-state index contributed by atoms with van der Waals surface area (Å²) in [7, 11) is -0.820. The highest BCUT2D eigenvalue weighted by molar-refractivity contribution is 7.92. The second kappa shape index (κ2) is 8.72. The number of carbonyl (C=O) groups excluding carboxylic acids is 1. The van der Waals surface area contributed by atoms with Crippen molar-refractivity contribution in [1.29, 1.82) is 0 Å². The lowest BCUT2D eigenvalue weighted by atomic mass is 10.1. The Morgan fingerprint density at radius 3 is 2.28 bits per heavy atom. The van der Waals surface area contributed by atoms with Gasteiger partial charge in [-0.3, -0.25) is 9.10 Å². The Bertz CT molecular complexity index is 1380. The Balaban J connectivity index is 1.56. The number of anilines is 2. The topological polar surface area (TPSA) is 75.7 Å². The largest absolute Gasteiger partial charge is 0.497 e. The van der Waals surface area contributed by atoms with Crippen molar-refractivity contribution < 1.29 is 17.9 Å². The molecule has 0 saturated heterocycles. The molecule has 0 aromatic heterocycles. The fraction of sp³-hybridized carbons (Fsp3) is 0.0800. The van der Waals surface area contributed by atoms with E-state index in [1.807, 2.05) is 42.5 Å². The normalized spacial score (nSPS) is 11.2. The first-order chi connectivity index (χ1) is 15.4. The van der Waals surface area contributed by atoms with Crippen LogP contribution < -0.4 is 14.4 Å². The number of carbonyl (C=O) groups is 1. The Morgan fingerprint density at radius 2 is 1.56 bits per heavy atom. The van der Waals surface area contributed by atoms with E-state index in [1.54, 1.807) is 36.4 Å². The van der Waals surface area contributed by atoms with Crippen LogP contribution in [0.1, 0.15) is 10.4 Å². The zero-order chi connectivity index (χ0) is 22.7. The van der Waals surface area contributed by atoms with Crippen LogP contribution >= 0.6 is 0 Å². The Hall–Kier alpha value is -3.84. The molecule has 0 fully saturated rings. The van der Waals surface area contributed by atoms with E-state index in [4.69, 9.17) is 4.74 Å². The van der Waals surface area contributed by atoms with Gasteiger partial charge in [-0.2, -0.15) is 0 Å². The molecule has 6 nitrogen and oxygen atoms in total. The van der Waals surface area contributed by atoms with Crippen molar-refractivity contribution in [2.24, 2.45) is 0 Å². The number of rotatable bonds is 6. The van der Waals surface area contributed by atoms with Crippen LogP contribution in [-0.2, 0) is 10.0 Å². The van der Waals surface area contributed by atoms with E-state index in [9.17, 15) is 13.2 Å². The van der Waals surface area contributed by atoms with Gasteiger partial charge in [-0.05, 0) is 65.4 Å². The number of amides is 1. The van der Waals surface area contributed by atoms with Crippen LogP contribution in [0.5, 0.6) is 5.75 Å². The maximum Gasteiger partial charge on any atom is 0.264 e. The van der Waals surface area contributed by atoms with Crippen LogP contribution in [0.15, 0.2) is 95.9 Å². The number of nitrogens with zero attached hydrogens (tertiary/aromatic N) is 1. The molecule has 0 heterocycles. The van der Waals surface area contributed by atoms with Gasteiger partial charge in [-0.15, -0.1) is 0 Å². The number of hydrogen-bond donors (Lipinski definition) is 1. The molecule has 1 N–H and O–H groups in total. The summed E-state index contributed by atoms with van der Waals surface area (Å²) >= 11 is 0. The number of ether oxygens (including phenoxy) is 1. The fourth-order valence-electron chi connectivity index (χ4n) is 3.36. The Morgan fingerprint density at radius 1 is 0.844 bits per heavy atom. The second-order valence-electron chi connectivity index (χ2n) is 7.21. The highest BCUT2D eigenvalue weighted by atomic mass is 32.2. The zero-order valence-corrected chi connectivity index (χ0v) is 18.5. The number of fused-ring (bicyclic) bond motifs is 1. The van der Waals surface area contributed by atoms with Crippen molar-refractivity contribution in [2.75, 3.05) is 23.8 Å². The molecule has 7 heteroatoms. The third-order valence-corrected chi connectivity index (χ3v) is 7.00. The minimum absolute atomic E-state index is 0.131. The van der Waals surface area contributed by atoms with Crippen LogP contribution in [0.3, 0.4) is 0 Å². The molecule has 0 aliphatic rings. The lowest BCUT2D eigenvalue weighted by Crippen LogP contribution is -2.26. The van der Waals surface area contributed by atoms with Crippen molar-refractivity contribution >= 4 is 38.1 Å². The lowest BCUT2D eigenvalue weighted by molar-refractivity contribution is 0.102. The molecular formula is C25H22N2O4S. The summed E-state index contributed by atoms with van der Waals surface area (Å²) in [6.07, 6.45) is 0. The quantitative estimate of drug-likeness (QED) is 0.456. The van der Waals surface area contributed by atoms with E-state index in [1.165, 1.54) is 26.3 Å². The summed E-state index contributed by atoms with van der Waals surface area (Å²) in [6.45, 7) is 0. The molecule has 0 aliphatic heterocycles. The molecule has 32 heavy (non-hydrogen) atoms. The van der Waals surface area contributed by atoms with Crippen LogP contribution in [0, 0.1) is 0 Å². The first kappa shape index (κ1) is 21.4. The van der Waals surface area contributed by atoms with Gasteiger partial charge in [0.2, 0.25) is 0 Å². The predicted molar refractivity (Wildman–Crippen MR) is 127 cm³/mol. The van der Waals surface area contributed by atoms with E-state index in [2.05, 4.69) is 5.32 Å². The molecule has 0 atom stereocenters. The van der Waals surface area contributed by atoms with Crippen LogP contribution in [-0.4, -0.2) is 28.5 Å². The summed E-state index contributed by atoms with van der Waals surface area (Å²) in [5.41, 5.74) is 1.40. The van der Waals surface area contributed by atoms with Gasteiger partial charge >= 0.3 is 0 Å². The van der Waals surface area contributed by atoms with E-state index in [-0.39, 0.29) is 10.8 Å². The fourth-order valence-corrected chi connectivity index (χ4v) is 4.55. The van der Waals surface area contributed by atoms with E-state index in [0.717, 1.165) is 15.1 Å². The number of nitrogens with one attached hydrogen (secondary N) is 1. The van der Waals surface area contributed by atoms with Gasteiger partial charge in [0.15, 0.2) is 0 Å². The Labute approximate surface area is 187 Å². The summed E-state index contributed by atoms with van der Waals surface area (Å²) in [6, 6.07) is 26.2. The summed E-state index contributed by atoms with van der Waals surface area (Å²) < 4.78 is 32.3. The number of hydrogen-bond acceptors (Lipinski definition) is 4. The van der Waals surface area contributed by atoms with Gasteiger partial charge in [-0.25, -0.2) is 8.42 Å². The number of sulfonamides is 1. The van der Waals surface area contributed by atoms with Gasteiger partial charge in [0.05, 0.1) is 17.7 Å². The maximum atomic E-state index is 13.0. The average molecular weight is 447 g/mol. The maximum absolute atomic E-state index is 13.0. The summed E-state index contributed by atoms with van der Waals surface area (Å²) in [4.78, 5) is 13.0. The minimum atomic E-state index is -3.80. The molecule has 0 saturated carbocycles. The molecule has 0 aliphatic carbocycles. The molecule has 1 amide bonds. The lowest BCUT2D eigenvalue weighted by Gasteiger charge is -2.20. The molecule has 162 valence electrons. The van der Waals surface area contributed by atoms with E-state index < -0.39 is 10.0 Å².